The average Bonchev–Trinajstić information content (AvgIpc) is 2.44. The molecule has 1 aliphatic rings. The van der Waals surface area contributed by atoms with Gasteiger partial charge < -0.3 is 10.8 Å². The number of nitrogens with two attached hydrogens (primary N) is 1. The Morgan fingerprint density at radius 2 is 2.40 bits per heavy atom. The van der Waals surface area contributed by atoms with Crippen LogP contribution in [0.25, 0.3) is 0 Å². The van der Waals surface area contributed by atoms with Crippen LogP contribution >= 0.6 is 15.9 Å². The molecule has 4 nitrogen and oxygen atoms in total. The summed E-state index contributed by atoms with van der Waals surface area (Å²) in [5, 5.41) is 14.9. The summed E-state index contributed by atoms with van der Waals surface area (Å²) in [6.07, 6.45) is 3.36. The molecule has 5 heteroatoms. The van der Waals surface area contributed by atoms with Crippen LogP contribution in [-0.2, 0) is 19.1 Å². The van der Waals surface area contributed by atoms with Gasteiger partial charge in [-0.25, -0.2) is 0 Å². The van der Waals surface area contributed by atoms with Gasteiger partial charge in [0.15, 0.2) is 0 Å². The van der Waals surface area contributed by atoms with Crippen molar-refractivity contribution in [2.45, 2.75) is 31.3 Å². The molecule has 0 spiro atoms. The van der Waals surface area contributed by atoms with E-state index in [1.807, 2.05) is 7.05 Å². The van der Waals surface area contributed by atoms with Gasteiger partial charge in [0.25, 0.3) is 0 Å². The number of rotatable bonds is 2. The Bertz CT molecular complexity index is 377. The van der Waals surface area contributed by atoms with E-state index in [0.29, 0.717) is 13.0 Å². The molecule has 2 rings (SSSR count). The lowest BCUT2D eigenvalue weighted by atomic mass is 9.81. The molecule has 1 heterocycles. The Morgan fingerprint density at radius 3 is 3.07 bits per heavy atom. The molecule has 1 aromatic rings. The first kappa shape index (κ1) is 11.1. The lowest BCUT2D eigenvalue weighted by molar-refractivity contribution is 0.00469. The third-order valence-electron chi connectivity index (χ3n) is 3.11. The number of hydrogen-bond acceptors (Lipinski definition) is 3. The minimum atomic E-state index is -0.782. The van der Waals surface area contributed by atoms with Gasteiger partial charge >= 0.3 is 0 Å². The van der Waals surface area contributed by atoms with Crippen molar-refractivity contribution in [2.24, 2.45) is 12.8 Å². The molecule has 0 fully saturated rings. The van der Waals surface area contributed by atoms with Gasteiger partial charge in [-0.3, -0.25) is 4.68 Å². The lowest BCUT2D eigenvalue weighted by Crippen LogP contribution is -2.34. The Kier molecular flexibility index (Phi) is 2.87. The highest BCUT2D eigenvalue weighted by molar-refractivity contribution is 9.10. The highest BCUT2D eigenvalue weighted by Crippen LogP contribution is 2.39. The van der Waals surface area contributed by atoms with Gasteiger partial charge in [0.2, 0.25) is 0 Å². The maximum atomic E-state index is 10.6. The van der Waals surface area contributed by atoms with E-state index in [0.717, 1.165) is 35.1 Å². The average molecular weight is 274 g/mol. The molecular formula is C10H16BrN3O. The zero-order chi connectivity index (χ0) is 11.1. The van der Waals surface area contributed by atoms with Gasteiger partial charge in [0.1, 0.15) is 10.2 Å². The molecule has 1 aliphatic carbocycles. The number of halogens is 1. The van der Waals surface area contributed by atoms with Crippen LogP contribution in [0.5, 0.6) is 0 Å². The maximum Gasteiger partial charge on any atom is 0.131 e. The van der Waals surface area contributed by atoms with E-state index in [1.54, 1.807) is 4.68 Å². The first-order chi connectivity index (χ1) is 7.08. The molecular weight excluding hydrogens is 258 g/mol. The number of nitrogens with zero attached hydrogens (tertiary/aromatic N) is 2. The molecule has 0 bridgehead atoms. The summed E-state index contributed by atoms with van der Waals surface area (Å²) < 4.78 is 2.63. The van der Waals surface area contributed by atoms with Crippen LogP contribution in [0.2, 0.25) is 0 Å². The van der Waals surface area contributed by atoms with E-state index in [4.69, 9.17) is 5.73 Å². The normalized spacial score (nSPS) is 25.3. The van der Waals surface area contributed by atoms with E-state index in [1.165, 1.54) is 0 Å². The maximum absolute atomic E-state index is 10.6. The Balaban J connectivity index is 2.50. The first-order valence-electron chi connectivity index (χ1n) is 5.23. The third kappa shape index (κ3) is 1.73. The van der Waals surface area contributed by atoms with Crippen LogP contribution < -0.4 is 5.73 Å². The van der Waals surface area contributed by atoms with Crippen molar-refractivity contribution in [3.05, 3.63) is 15.9 Å². The predicted molar refractivity (Wildman–Crippen MR) is 61.4 cm³/mol. The number of aromatic nitrogens is 2. The van der Waals surface area contributed by atoms with Crippen LogP contribution in [0.4, 0.5) is 0 Å². The summed E-state index contributed by atoms with van der Waals surface area (Å²) in [4.78, 5) is 0. The van der Waals surface area contributed by atoms with E-state index in [2.05, 4.69) is 21.0 Å². The number of fused-ring (bicyclic) bond motifs is 1. The highest BCUT2D eigenvalue weighted by Gasteiger charge is 2.38. The van der Waals surface area contributed by atoms with Crippen molar-refractivity contribution in [1.29, 1.82) is 0 Å². The minimum absolute atomic E-state index is 0.499. The van der Waals surface area contributed by atoms with E-state index in [-0.39, 0.29) is 0 Å². The SMILES string of the molecule is Cn1nc(Br)c2c1C(O)(CCN)CCC2. The fraction of sp³-hybridized carbons (Fsp3) is 0.700. The second-order valence-electron chi connectivity index (χ2n) is 4.17. The Labute approximate surface area is 97.6 Å². The van der Waals surface area contributed by atoms with Crippen LogP contribution in [0.15, 0.2) is 4.60 Å². The van der Waals surface area contributed by atoms with Crippen LogP contribution in [0.3, 0.4) is 0 Å². The number of aliphatic hydroxyl groups is 1. The molecule has 15 heavy (non-hydrogen) atoms. The standard InChI is InChI=1S/C10H16BrN3O/c1-14-8-7(9(11)13-14)3-2-4-10(8,15)5-6-12/h15H,2-6,12H2,1H3. The Morgan fingerprint density at radius 1 is 1.67 bits per heavy atom. The van der Waals surface area contributed by atoms with Crippen molar-refractivity contribution in [3.63, 3.8) is 0 Å². The quantitative estimate of drug-likeness (QED) is 0.847. The van der Waals surface area contributed by atoms with E-state index >= 15 is 0 Å². The van der Waals surface area contributed by atoms with Crippen molar-refractivity contribution in [3.8, 4) is 0 Å². The summed E-state index contributed by atoms with van der Waals surface area (Å²) >= 11 is 3.43. The Hall–Kier alpha value is -0.390. The summed E-state index contributed by atoms with van der Waals surface area (Å²) in [6, 6.07) is 0. The minimum Gasteiger partial charge on any atom is -0.384 e. The molecule has 1 aromatic heterocycles. The zero-order valence-corrected chi connectivity index (χ0v) is 10.4. The number of aryl methyl sites for hydroxylation is 1. The number of hydrogen-bond donors (Lipinski definition) is 2. The van der Waals surface area contributed by atoms with E-state index < -0.39 is 5.60 Å². The van der Waals surface area contributed by atoms with Crippen LogP contribution in [-0.4, -0.2) is 21.4 Å². The summed E-state index contributed by atoms with van der Waals surface area (Å²) in [7, 11) is 1.87. The zero-order valence-electron chi connectivity index (χ0n) is 8.83. The van der Waals surface area contributed by atoms with Crippen molar-refractivity contribution < 1.29 is 5.11 Å². The molecule has 3 N–H and O–H groups in total. The smallest absolute Gasteiger partial charge is 0.131 e. The first-order valence-corrected chi connectivity index (χ1v) is 6.02. The third-order valence-corrected chi connectivity index (χ3v) is 3.75. The predicted octanol–water partition coefficient (Wildman–Crippen LogP) is 1.06. The molecule has 0 radical (unpaired) electrons. The van der Waals surface area contributed by atoms with Crippen molar-refractivity contribution >= 4 is 15.9 Å². The monoisotopic (exact) mass is 273 g/mol. The van der Waals surface area contributed by atoms with Crippen molar-refractivity contribution in [1.82, 2.24) is 9.78 Å². The molecule has 0 saturated carbocycles. The van der Waals surface area contributed by atoms with Gasteiger partial charge in [-0.05, 0) is 48.2 Å². The molecule has 84 valence electrons. The van der Waals surface area contributed by atoms with Gasteiger partial charge in [0.05, 0.1) is 5.69 Å². The van der Waals surface area contributed by atoms with Crippen LogP contribution in [0, 0.1) is 0 Å². The summed E-state index contributed by atoms with van der Waals surface area (Å²) in [5.41, 5.74) is 6.85. The molecule has 0 aromatic carbocycles. The second-order valence-corrected chi connectivity index (χ2v) is 4.92. The summed E-state index contributed by atoms with van der Waals surface area (Å²) in [6.45, 7) is 0.499. The largest absolute Gasteiger partial charge is 0.384 e. The lowest BCUT2D eigenvalue weighted by Gasteiger charge is -2.32. The molecule has 0 aliphatic heterocycles. The molecule has 0 saturated heterocycles. The van der Waals surface area contributed by atoms with Gasteiger partial charge in [-0.2, -0.15) is 5.10 Å². The van der Waals surface area contributed by atoms with Gasteiger partial charge in [0, 0.05) is 12.6 Å². The molecule has 1 unspecified atom stereocenters. The topological polar surface area (TPSA) is 64.1 Å². The highest BCUT2D eigenvalue weighted by atomic mass is 79.9. The van der Waals surface area contributed by atoms with Gasteiger partial charge in [-0.1, -0.05) is 0 Å². The fourth-order valence-corrected chi connectivity index (χ4v) is 3.12. The summed E-state index contributed by atoms with van der Waals surface area (Å²) in [5.74, 6) is 0. The van der Waals surface area contributed by atoms with Crippen LogP contribution in [0.1, 0.15) is 30.5 Å². The molecule has 0 amide bonds. The van der Waals surface area contributed by atoms with Gasteiger partial charge in [-0.15, -0.1) is 0 Å². The van der Waals surface area contributed by atoms with Crippen molar-refractivity contribution in [2.75, 3.05) is 6.54 Å². The second kappa shape index (κ2) is 3.88. The fourth-order valence-electron chi connectivity index (χ4n) is 2.50. The molecule has 1 atom stereocenters. The van der Waals surface area contributed by atoms with E-state index in [9.17, 15) is 5.11 Å².